The van der Waals surface area contributed by atoms with E-state index in [0.717, 1.165) is 0 Å². The van der Waals surface area contributed by atoms with Crippen molar-refractivity contribution in [1.29, 1.82) is 0 Å². The molecule has 8 heteroatoms. The van der Waals surface area contributed by atoms with E-state index >= 15 is 0 Å². The van der Waals surface area contributed by atoms with E-state index in [-0.39, 0.29) is 18.3 Å². The van der Waals surface area contributed by atoms with Crippen molar-refractivity contribution < 1.29 is 23.2 Å². The van der Waals surface area contributed by atoms with Gasteiger partial charge in [-0.05, 0) is 17.7 Å². The first kappa shape index (κ1) is 15.2. The van der Waals surface area contributed by atoms with Crippen molar-refractivity contribution in [3.05, 3.63) is 48.0 Å². The topological polar surface area (TPSA) is 84.7 Å². The van der Waals surface area contributed by atoms with Gasteiger partial charge in [0.05, 0.1) is 6.04 Å². The molecule has 2 amide bonds. The molecule has 1 aliphatic heterocycles. The molecule has 1 aromatic heterocycles. The Labute approximate surface area is 131 Å². The largest absolute Gasteiger partial charge is 0.363 e. The zero-order valence-corrected chi connectivity index (χ0v) is 12.2. The number of amides is 2. The van der Waals surface area contributed by atoms with Crippen molar-refractivity contribution in [2.75, 3.05) is 19.0 Å². The van der Waals surface area contributed by atoms with Crippen LogP contribution in [0.2, 0.25) is 0 Å². The maximum atomic E-state index is 13.1. The summed E-state index contributed by atoms with van der Waals surface area (Å²) in [6.45, 7) is -0.203. The molecule has 0 bridgehead atoms. The summed E-state index contributed by atoms with van der Waals surface area (Å²) in [6, 6.07) is 6.42. The molecule has 2 aromatic rings. The number of hydrogen-bond acceptors (Lipinski definition) is 5. The SMILES string of the molecule is CN1C(=O)COC(C(=O)Nc2ccon2)C1c1ccc(F)cc1. The van der Waals surface area contributed by atoms with E-state index in [2.05, 4.69) is 15.0 Å². The fraction of sp³-hybridized carbons (Fsp3) is 0.267. The Morgan fingerprint density at radius 3 is 2.74 bits per heavy atom. The van der Waals surface area contributed by atoms with E-state index in [1.54, 1.807) is 7.05 Å². The molecule has 2 atom stereocenters. The van der Waals surface area contributed by atoms with Gasteiger partial charge in [-0.25, -0.2) is 4.39 Å². The van der Waals surface area contributed by atoms with Gasteiger partial charge in [0.15, 0.2) is 11.9 Å². The summed E-state index contributed by atoms with van der Waals surface area (Å²) in [7, 11) is 1.58. The van der Waals surface area contributed by atoms with Crippen LogP contribution in [0, 0.1) is 5.82 Å². The predicted molar refractivity (Wildman–Crippen MR) is 76.8 cm³/mol. The van der Waals surface area contributed by atoms with Crippen molar-refractivity contribution in [3.63, 3.8) is 0 Å². The van der Waals surface area contributed by atoms with E-state index in [0.29, 0.717) is 5.56 Å². The summed E-state index contributed by atoms with van der Waals surface area (Å²) in [5.41, 5.74) is 0.599. The van der Waals surface area contributed by atoms with Crippen LogP contribution in [0.15, 0.2) is 41.1 Å². The number of morpholine rings is 1. The number of hydrogen-bond donors (Lipinski definition) is 1. The molecule has 0 spiro atoms. The lowest BCUT2D eigenvalue weighted by molar-refractivity contribution is -0.160. The average molecular weight is 319 g/mol. The van der Waals surface area contributed by atoms with Crippen LogP contribution in [0.25, 0.3) is 0 Å². The summed E-state index contributed by atoms with van der Waals surface area (Å²) in [4.78, 5) is 25.8. The molecule has 0 aliphatic carbocycles. The second kappa shape index (κ2) is 6.17. The summed E-state index contributed by atoms with van der Waals surface area (Å²) in [6.07, 6.45) is 0.379. The minimum atomic E-state index is -0.945. The Morgan fingerprint density at radius 2 is 2.09 bits per heavy atom. The molecule has 2 heterocycles. The Morgan fingerprint density at radius 1 is 1.35 bits per heavy atom. The number of carbonyl (C=O) groups is 2. The Bertz CT molecular complexity index is 702. The van der Waals surface area contributed by atoms with Gasteiger partial charge in [0.1, 0.15) is 18.7 Å². The third-order valence-corrected chi connectivity index (χ3v) is 3.64. The monoisotopic (exact) mass is 319 g/mol. The number of aromatic nitrogens is 1. The molecule has 3 rings (SSSR count). The molecular formula is C15H14FN3O4. The molecule has 120 valence electrons. The molecular weight excluding hydrogens is 305 g/mol. The number of rotatable bonds is 3. The lowest BCUT2D eigenvalue weighted by Gasteiger charge is -2.38. The van der Waals surface area contributed by atoms with Crippen molar-refractivity contribution in [2.45, 2.75) is 12.1 Å². The molecule has 2 unspecified atom stereocenters. The molecule has 1 fully saturated rings. The lowest BCUT2D eigenvalue weighted by atomic mass is 9.97. The number of nitrogens with zero attached hydrogens (tertiary/aromatic N) is 2. The lowest BCUT2D eigenvalue weighted by Crippen LogP contribution is -2.51. The Hall–Kier alpha value is -2.74. The van der Waals surface area contributed by atoms with Crippen molar-refractivity contribution in [1.82, 2.24) is 10.1 Å². The zero-order valence-electron chi connectivity index (χ0n) is 12.2. The zero-order chi connectivity index (χ0) is 16.4. The maximum Gasteiger partial charge on any atom is 0.257 e. The summed E-state index contributed by atoms with van der Waals surface area (Å²) in [5, 5.41) is 6.16. The highest BCUT2D eigenvalue weighted by atomic mass is 19.1. The van der Waals surface area contributed by atoms with E-state index in [1.165, 1.54) is 41.5 Å². The second-order valence-electron chi connectivity index (χ2n) is 5.11. The number of benzene rings is 1. The van der Waals surface area contributed by atoms with Crippen molar-refractivity contribution >= 4 is 17.6 Å². The quantitative estimate of drug-likeness (QED) is 0.923. The fourth-order valence-electron chi connectivity index (χ4n) is 2.46. The van der Waals surface area contributed by atoms with E-state index < -0.39 is 23.9 Å². The first-order valence-electron chi connectivity index (χ1n) is 6.90. The van der Waals surface area contributed by atoms with Crippen molar-refractivity contribution in [2.24, 2.45) is 0 Å². The number of ether oxygens (including phenoxy) is 1. The maximum absolute atomic E-state index is 13.1. The standard InChI is InChI=1S/C15H14FN3O4/c1-19-12(20)8-22-14(15(21)17-11-6-7-23-18-11)13(19)9-2-4-10(16)5-3-9/h2-7,13-14H,8H2,1H3,(H,17,18,21). The van der Waals surface area contributed by atoms with Gasteiger partial charge in [-0.1, -0.05) is 17.3 Å². The minimum Gasteiger partial charge on any atom is -0.363 e. The molecule has 1 aliphatic rings. The first-order chi connectivity index (χ1) is 11.1. The van der Waals surface area contributed by atoms with Gasteiger partial charge in [-0.2, -0.15) is 0 Å². The first-order valence-corrected chi connectivity index (χ1v) is 6.90. The van der Waals surface area contributed by atoms with Gasteiger partial charge >= 0.3 is 0 Å². The Balaban J connectivity index is 1.88. The number of halogens is 1. The van der Waals surface area contributed by atoms with Crippen LogP contribution in [0.5, 0.6) is 0 Å². The van der Waals surface area contributed by atoms with Gasteiger partial charge in [-0.15, -0.1) is 0 Å². The molecule has 1 saturated heterocycles. The summed E-state index contributed by atoms with van der Waals surface area (Å²) < 4.78 is 23.2. The highest BCUT2D eigenvalue weighted by molar-refractivity contribution is 5.95. The van der Waals surface area contributed by atoms with Crippen LogP contribution in [0.4, 0.5) is 10.2 Å². The van der Waals surface area contributed by atoms with Gasteiger partial charge in [0, 0.05) is 13.1 Å². The number of carbonyl (C=O) groups excluding carboxylic acids is 2. The molecule has 1 aromatic carbocycles. The number of nitrogens with one attached hydrogen (secondary N) is 1. The molecule has 1 N–H and O–H groups in total. The van der Waals surface area contributed by atoms with Gasteiger partial charge in [0.2, 0.25) is 5.91 Å². The smallest absolute Gasteiger partial charge is 0.257 e. The van der Waals surface area contributed by atoms with E-state index in [9.17, 15) is 14.0 Å². The van der Waals surface area contributed by atoms with Crippen LogP contribution in [0.1, 0.15) is 11.6 Å². The second-order valence-corrected chi connectivity index (χ2v) is 5.11. The van der Waals surface area contributed by atoms with E-state index in [4.69, 9.17) is 4.74 Å². The molecule has 0 saturated carbocycles. The number of likely N-dealkylation sites (N-methyl/N-ethyl adjacent to an activating group) is 1. The van der Waals surface area contributed by atoms with Crippen LogP contribution < -0.4 is 5.32 Å². The van der Waals surface area contributed by atoms with Crippen LogP contribution in [0.3, 0.4) is 0 Å². The fourth-order valence-corrected chi connectivity index (χ4v) is 2.46. The third kappa shape index (κ3) is 3.07. The van der Waals surface area contributed by atoms with Gasteiger partial charge in [-0.3, -0.25) is 9.59 Å². The van der Waals surface area contributed by atoms with Crippen molar-refractivity contribution in [3.8, 4) is 0 Å². The normalized spacial score (nSPS) is 21.3. The van der Waals surface area contributed by atoms with Crippen LogP contribution in [-0.4, -0.2) is 41.6 Å². The van der Waals surface area contributed by atoms with E-state index in [1.807, 2.05) is 0 Å². The minimum absolute atomic E-state index is 0.203. The Kier molecular flexibility index (Phi) is 4.07. The number of anilines is 1. The summed E-state index contributed by atoms with van der Waals surface area (Å²) in [5.74, 6) is -0.878. The van der Waals surface area contributed by atoms with Crippen LogP contribution >= 0.6 is 0 Å². The van der Waals surface area contributed by atoms with Gasteiger partial charge in [0.25, 0.3) is 5.91 Å². The summed E-state index contributed by atoms with van der Waals surface area (Å²) >= 11 is 0. The van der Waals surface area contributed by atoms with Gasteiger partial charge < -0.3 is 19.5 Å². The highest BCUT2D eigenvalue weighted by Gasteiger charge is 2.40. The highest BCUT2D eigenvalue weighted by Crippen LogP contribution is 2.29. The molecule has 23 heavy (non-hydrogen) atoms. The third-order valence-electron chi connectivity index (χ3n) is 3.64. The predicted octanol–water partition coefficient (Wildman–Crippen LogP) is 1.35. The van der Waals surface area contributed by atoms with Crippen LogP contribution in [-0.2, 0) is 14.3 Å². The molecule has 0 radical (unpaired) electrons. The average Bonchev–Trinajstić information content (AvgIpc) is 3.04. The molecule has 7 nitrogen and oxygen atoms in total.